The predicted molar refractivity (Wildman–Crippen MR) is 235 cm³/mol. The molecule has 0 heterocycles. The molecular formula is C47H55N5O8. The number of rotatable bonds is 15. The first-order valence-corrected chi connectivity index (χ1v) is 19.4. The average Bonchev–Trinajstić information content (AvgIpc) is 3.24. The minimum absolute atomic E-state index is 0.176. The number of hydrogen-bond donors (Lipinski definition) is 9. The summed E-state index contributed by atoms with van der Waals surface area (Å²) in [4.78, 5) is 43.0. The molecule has 0 saturated heterocycles. The lowest BCUT2D eigenvalue weighted by molar-refractivity contribution is -0.140. The summed E-state index contributed by atoms with van der Waals surface area (Å²) in [5, 5.41) is 42.7. The average molecular weight is 818 g/mol. The van der Waals surface area contributed by atoms with Gasteiger partial charge in [-0.15, -0.1) is 0 Å². The van der Waals surface area contributed by atoms with Gasteiger partial charge in [0.15, 0.2) is 0 Å². The molecule has 0 aromatic heterocycles. The van der Waals surface area contributed by atoms with Crippen LogP contribution >= 0.6 is 0 Å². The smallest absolute Gasteiger partial charge is 0.322 e. The number of nitrogens with two attached hydrogens (primary N) is 3. The summed E-state index contributed by atoms with van der Waals surface area (Å²) in [6.07, 6.45) is 1.63. The predicted octanol–water partition coefficient (Wildman–Crippen LogP) is 5.41. The van der Waals surface area contributed by atoms with E-state index in [1.807, 2.05) is 159 Å². The van der Waals surface area contributed by atoms with Crippen molar-refractivity contribution in [2.24, 2.45) is 17.3 Å². The van der Waals surface area contributed by atoms with Crippen LogP contribution in [0.1, 0.15) is 36.1 Å². The standard InChI is InChI=1S/2C13H13NO2.C12H17NO2.C9H12N2O2/c2*14-12(13(15)16)8-10-6-3-5-9-4-1-2-7-11(9)10;1-9(2)13-11(12(14)15)8-10-6-4-3-5-7-10;10-11-8(9(12)13)6-7-4-2-1-3-5-7/h2*1-7,12H,8,14H2,(H,15,16);3-7,9,11,13H,8H2,1-2H3,(H,14,15);1-5,8,11H,6,10H2,(H,12,13)/t2*12-;11-;8-/m1000/s1. The van der Waals surface area contributed by atoms with E-state index in [1.54, 1.807) is 0 Å². The van der Waals surface area contributed by atoms with Gasteiger partial charge in [0.25, 0.3) is 0 Å². The molecule has 6 aromatic rings. The number of nitrogens with one attached hydrogen (secondary N) is 2. The molecule has 13 nitrogen and oxygen atoms in total. The summed E-state index contributed by atoms with van der Waals surface area (Å²) in [7, 11) is 0. The normalized spacial score (nSPS) is 12.6. The molecule has 4 atom stereocenters. The lowest BCUT2D eigenvalue weighted by atomic mass is 9.99. The highest BCUT2D eigenvalue weighted by Crippen LogP contribution is 2.20. The minimum Gasteiger partial charge on any atom is -0.480 e. The van der Waals surface area contributed by atoms with E-state index in [1.165, 1.54) is 0 Å². The van der Waals surface area contributed by atoms with E-state index in [9.17, 15) is 19.2 Å². The summed E-state index contributed by atoms with van der Waals surface area (Å²) >= 11 is 0. The van der Waals surface area contributed by atoms with Crippen molar-refractivity contribution in [3.63, 3.8) is 0 Å². The van der Waals surface area contributed by atoms with E-state index in [2.05, 4.69) is 10.7 Å². The van der Waals surface area contributed by atoms with Crippen LogP contribution in [0.4, 0.5) is 0 Å². The highest BCUT2D eigenvalue weighted by atomic mass is 16.4. The minimum atomic E-state index is -0.965. The van der Waals surface area contributed by atoms with Crippen LogP contribution in [0.15, 0.2) is 146 Å². The largest absolute Gasteiger partial charge is 0.480 e. The number of benzene rings is 6. The summed E-state index contributed by atoms with van der Waals surface area (Å²) in [5.74, 6) is 1.42. The van der Waals surface area contributed by atoms with Crippen LogP contribution < -0.4 is 28.1 Å². The number of hydrogen-bond acceptors (Lipinski definition) is 9. The third-order valence-electron chi connectivity index (χ3n) is 9.17. The van der Waals surface area contributed by atoms with Crippen molar-refractivity contribution in [1.82, 2.24) is 10.7 Å². The Balaban J connectivity index is 0.000000214. The monoisotopic (exact) mass is 817 g/mol. The zero-order chi connectivity index (χ0) is 44.0. The van der Waals surface area contributed by atoms with Gasteiger partial charge in [0.05, 0.1) is 0 Å². The van der Waals surface area contributed by atoms with Gasteiger partial charge in [-0.05, 0) is 69.5 Å². The highest BCUT2D eigenvalue weighted by Gasteiger charge is 2.18. The van der Waals surface area contributed by atoms with Crippen molar-refractivity contribution in [2.75, 3.05) is 0 Å². The van der Waals surface area contributed by atoms with Gasteiger partial charge in [0, 0.05) is 6.04 Å². The third-order valence-corrected chi connectivity index (χ3v) is 9.17. The van der Waals surface area contributed by atoms with Gasteiger partial charge in [-0.25, -0.2) is 5.43 Å². The van der Waals surface area contributed by atoms with Gasteiger partial charge < -0.3 is 37.2 Å². The molecule has 0 aliphatic carbocycles. The zero-order valence-corrected chi connectivity index (χ0v) is 33.7. The van der Waals surface area contributed by atoms with Crippen molar-refractivity contribution < 1.29 is 39.6 Å². The molecule has 0 bridgehead atoms. The maximum Gasteiger partial charge on any atom is 0.322 e. The van der Waals surface area contributed by atoms with Crippen LogP contribution in [-0.2, 0) is 44.9 Å². The molecule has 12 N–H and O–H groups in total. The van der Waals surface area contributed by atoms with Gasteiger partial charge in [0.2, 0.25) is 0 Å². The van der Waals surface area contributed by atoms with E-state index >= 15 is 0 Å². The van der Waals surface area contributed by atoms with Crippen molar-refractivity contribution in [2.45, 2.75) is 69.7 Å². The Kier molecular flexibility index (Phi) is 20.0. The van der Waals surface area contributed by atoms with Crippen molar-refractivity contribution in [3.05, 3.63) is 168 Å². The van der Waals surface area contributed by atoms with Crippen molar-refractivity contribution in [1.29, 1.82) is 0 Å². The van der Waals surface area contributed by atoms with Crippen LogP contribution in [0.2, 0.25) is 0 Å². The number of hydrazine groups is 1. The van der Waals surface area contributed by atoms with Gasteiger partial charge >= 0.3 is 23.9 Å². The summed E-state index contributed by atoms with van der Waals surface area (Å²) in [5.41, 5.74) is 17.3. The summed E-state index contributed by atoms with van der Waals surface area (Å²) < 4.78 is 0. The molecule has 0 aliphatic heterocycles. The molecule has 0 spiro atoms. The van der Waals surface area contributed by atoms with Crippen LogP contribution in [0, 0.1) is 0 Å². The van der Waals surface area contributed by atoms with E-state index in [0.29, 0.717) is 25.7 Å². The van der Waals surface area contributed by atoms with Gasteiger partial charge in [0.1, 0.15) is 24.2 Å². The van der Waals surface area contributed by atoms with Crippen LogP contribution in [0.3, 0.4) is 0 Å². The molecule has 0 saturated carbocycles. The molecule has 0 radical (unpaired) electrons. The molecule has 60 heavy (non-hydrogen) atoms. The second-order valence-corrected chi connectivity index (χ2v) is 14.2. The van der Waals surface area contributed by atoms with Gasteiger partial charge in [-0.3, -0.25) is 25.0 Å². The quantitative estimate of drug-likeness (QED) is 0.0465. The van der Waals surface area contributed by atoms with Crippen LogP contribution in [0.25, 0.3) is 21.5 Å². The van der Waals surface area contributed by atoms with Gasteiger partial charge in [-0.1, -0.05) is 159 Å². The Hall–Kier alpha value is -6.48. The number of carboxylic acid groups (broad SMARTS) is 4. The Labute approximate surface area is 349 Å². The Morgan fingerprint density at radius 1 is 0.467 bits per heavy atom. The zero-order valence-electron chi connectivity index (χ0n) is 33.7. The lowest BCUT2D eigenvalue weighted by Crippen LogP contribution is -2.42. The van der Waals surface area contributed by atoms with Crippen molar-refractivity contribution >= 4 is 45.4 Å². The molecular weight excluding hydrogens is 763 g/mol. The molecule has 0 unspecified atom stereocenters. The van der Waals surface area contributed by atoms with E-state index in [0.717, 1.165) is 43.8 Å². The third kappa shape index (κ3) is 16.4. The fraction of sp³-hybridized carbons (Fsp3) is 0.234. The first-order chi connectivity index (χ1) is 28.7. The van der Waals surface area contributed by atoms with Crippen LogP contribution in [0.5, 0.6) is 0 Å². The molecule has 13 heteroatoms. The number of carboxylic acids is 4. The Bertz CT molecular complexity index is 2150. The second-order valence-electron chi connectivity index (χ2n) is 14.2. The van der Waals surface area contributed by atoms with Crippen molar-refractivity contribution in [3.8, 4) is 0 Å². The first-order valence-electron chi connectivity index (χ1n) is 19.4. The molecule has 316 valence electrons. The fourth-order valence-electron chi connectivity index (χ4n) is 6.13. The molecule has 6 aromatic carbocycles. The number of carbonyl (C=O) groups is 4. The molecule has 6 rings (SSSR count). The summed E-state index contributed by atoms with van der Waals surface area (Å²) in [6, 6.07) is 43.8. The van der Waals surface area contributed by atoms with E-state index < -0.39 is 48.0 Å². The first kappa shape index (κ1) is 47.9. The molecule has 0 fully saturated rings. The SMILES string of the molecule is CC(C)N[C@@H](Cc1ccccc1)C(=O)O.NN[C@@H](Cc1ccccc1)C(=O)O.N[C@@H](Cc1cccc2ccccc12)C(=O)O.N[C@H](Cc1cccc2ccccc12)C(=O)O. The highest BCUT2D eigenvalue weighted by molar-refractivity contribution is 5.87. The van der Waals surface area contributed by atoms with E-state index in [-0.39, 0.29) is 6.04 Å². The topological polar surface area (TPSA) is 251 Å². The maximum atomic E-state index is 11.0. The molecule has 0 aliphatic rings. The molecule has 0 amide bonds. The fourth-order valence-corrected chi connectivity index (χ4v) is 6.13. The summed E-state index contributed by atoms with van der Waals surface area (Å²) in [6.45, 7) is 3.89. The van der Waals surface area contributed by atoms with E-state index in [4.69, 9.17) is 37.7 Å². The Morgan fingerprint density at radius 2 is 0.817 bits per heavy atom. The lowest BCUT2D eigenvalue weighted by Gasteiger charge is -2.17. The number of fused-ring (bicyclic) bond motifs is 2. The second kappa shape index (κ2) is 25.1. The van der Waals surface area contributed by atoms with Crippen LogP contribution in [-0.4, -0.2) is 74.5 Å². The Morgan fingerprint density at radius 3 is 1.17 bits per heavy atom. The maximum absolute atomic E-state index is 11.0. The van der Waals surface area contributed by atoms with Gasteiger partial charge in [-0.2, -0.15) is 0 Å². The number of aliphatic carboxylic acids is 4.